The first-order valence-electron chi connectivity index (χ1n) is 10.1. The molecule has 0 atom stereocenters. The Morgan fingerprint density at radius 2 is 1.44 bits per heavy atom. The van der Waals surface area contributed by atoms with Crippen LogP contribution in [0, 0.1) is 0 Å². The Kier molecular flexibility index (Phi) is 6.31. The van der Waals surface area contributed by atoms with Crippen molar-refractivity contribution in [2.75, 3.05) is 10.6 Å². The number of carbonyl (C=O) groups is 3. The van der Waals surface area contributed by atoms with E-state index in [1.165, 1.54) is 28.8 Å². The first kappa shape index (κ1) is 22.2. The van der Waals surface area contributed by atoms with Crippen molar-refractivity contribution in [3.8, 4) is 11.6 Å². The third kappa shape index (κ3) is 4.91. The number of carbonyl (C=O) groups excluding carboxylic acids is 3. The molecule has 10 nitrogen and oxygen atoms in total. The Bertz CT molecular complexity index is 1390. The minimum Gasteiger partial charge on any atom is -0.508 e. The molecular formula is C24H19N5O5. The highest BCUT2D eigenvalue weighted by Gasteiger charge is 2.20. The Morgan fingerprint density at radius 3 is 2.18 bits per heavy atom. The molecule has 1 aromatic heterocycles. The largest absolute Gasteiger partial charge is 0.508 e. The Balaban J connectivity index is 1.54. The second-order valence-corrected chi connectivity index (χ2v) is 7.20. The average molecular weight is 457 g/mol. The van der Waals surface area contributed by atoms with E-state index in [1.54, 1.807) is 48.5 Å². The van der Waals surface area contributed by atoms with Crippen LogP contribution in [0.4, 0.5) is 17.1 Å². The van der Waals surface area contributed by atoms with Crippen molar-refractivity contribution in [1.29, 1.82) is 0 Å². The highest BCUT2D eigenvalue weighted by molar-refractivity contribution is 6.40. The summed E-state index contributed by atoms with van der Waals surface area (Å²) in [6.45, 7) is -0.216. The van der Waals surface area contributed by atoms with E-state index >= 15 is 0 Å². The molecule has 0 saturated heterocycles. The monoisotopic (exact) mass is 457 g/mol. The molecule has 170 valence electrons. The number of hydrogen-bond donors (Lipinski definition) is 4. The van der Waals surface area contributed by atoms with E-state index in [9.17, 15) is 24.6 Å². The summed E-state index contributed by atoms with van der Waals surface area (Å²) in [5.74, 6) is -2.98. The molecule has 0 aliphatic carbocycles. The van der Waals surface area contributed by atoms with Crippen LogP contribution in [-0.2, 0) is 20.9 Å². The minimum absolute atomic E-state index is 0.00771. The van der Waals surface area contributed by atoms with E-state index in [1.807, 2.05) is 6.07 Å². The quantitative estimate of drug-likeness (QED) is 0.204. The molecule has 3 aromatic carbocycles. The van der Waals surface area contributed by atoms with Crippen LogP contribution in [0.5, 0.6) is 11.6 Å². The van der Waals surface area contributed by atoms with Gasteiger partial charge in [-0.1, -0.05) is 36.4 Å². The normalized spacial score (nSPS) is 10.9. The summed E-state index contributed by atoms with van der Waals surface area (Å²) in [5.41, 5.74) is 1.34. The van der Waals surface area contributed by atoms with Crippen molar-refractivity contribution in [1.82, 2.24) is 4.57 Å². The lowest BCUT2D eigenvalue weighted by Gasteiger charge is -2.08. The molecule has 0 radical (unpaired) electrons. The summed E-state index contributed by atoms with van der Waals surface area (Å²) in [7, 11) is 0. The summed E-state index contributed by atoms with van der Waals surface area (Å²) < 4.78 is 1.34. The van der Waals surface area contributed by atoms with Crippen LogP contribution in [0.3, 0.4) is 0 Å². The molecule has 0 aliphatic heterocycles. The summed E-state index contributed by atoms with van der Waals surface area (Å²) in [5, 5.41) is 32.8. The number of phenolic OH excluding ortho intramolecular Hbond substituents is 1. The van der Waals surface area contributed by atoms with Crippen molar-refractivity contribution in [3.05, 3.63) is 78.9 Å². The number of anilines is 2. The molecule has 0 aliphatic rings. The van der Waals surface area contributed by atoms with Crippen molar-refractivity contribution in [2.24, 2.45) is 10.2 Å². The van der Waals surface area contributed by atoms with Crippen LogP contribution in [0.2, 0.25) is 0 Å². The molecule has 0 spiro atoms. The Labute approximate surface area is 193 Å². The molecule has 0 saturated carbocycles. The van der Waals surface area contributed by atoms with Gasteiger partial charge >= 0.3 is 11.8 Å². The number of fused-ring (bicyclic) bond motifs is 1. The van der Waals surface area contributed by atoms with Crippen LogP contribution in [0.1, 0.15) is 0 Å². The first-order chi connectivity index (χ1) is 16.4. The van der Waals surface area contributed by atoms with E-state index in [-0.39, 0.29) is 35.5 Å². The third-order valence-electron chi connectivity index (χ3n) is 4.84. The van der Waals surface area contributed by atoms with Gasteiger partial charge in [-0.05, 0) is 42.5 Å². The molecule has 4 rings (SSSR count). The number of para-hydroxylation sites is 2. The van der Waals surface area contributed by atoms with Gasteiger partial charge in [0.25, 0.3) is 0 Å². The molecule has 1 heterocycles. The fourth-order valence-corrected chi connectivity index (χ4v) is 3.27. The summed E-state index contributed by atoms with van der Waals surface area (Å²) >= 11 is 0. The third-order valence-corrected chi connectivity index (χ3v) is 4.84. The predicted octanol–water partition coefficient (Wildman–Crippen LogP) is 3.94. The van der Waals surface area contributed by atoms with E-state index in [0.717, 1.165) is 0 Å². The summed E-state index contributed by atoms with van der Waals surface area (Å²) in [4.78, 5) is 36.8. The second-order valence-electron chi connectivity index (χ2n) is 7.20. The zero-order chi connectivity index (χ0) is 24.1. The van der Waals surface area contributed by atoms with Gasteiger partial charge in [0.05, 0.1) is 5.52 Å². The number of nitrogens with one attached hydrogen (secondary N) is 2. The molecule has 4 aromatic rings. The maximum atomic E-state index is 12.5. The van der Waals surface area contributed by atoms with E-state index in [4.69, 9.17) is 0 Å². The van der Waals surface area contributed by atoms with Gasteiger partial charge in [0.1, 0.15) is 12.3 Å². The molecule has 34 heavy (non-hydrogen) atoms. The zero-order valence-electron chi connectivity index (χ0n) is 17.7. The standard InChI is InChI=1S/C24H19N5O5/c30-17-12-10-16(11-13-17)26-22(32)23(33)28-27-21-18-8-4-5-9-19(18)29(24(21)34)14-20(31)25-15-6-2-1-3-7-15/h1-13,30,34H,14H2,(H,25,31)(H,26,32). The number of azo groups is 1. The SMILES string of the molecule is O=C(Cn1c(O)c(N=NC(=O)C(=O)Nc2ccc(O)cc2)c2ccccc21)Nc1ccccc1. The fourth-order valence-electron chi connectivity index (χ4n) is 3.27. The molecule has 0 unspecified atom stereocenters. The maximum Gasteiger partial charge on any atom is 0.353 e. The van der Waals surface area contributed by atoms with E-state index in [2.05, 4.69) is 20.9 Å². The van der Waals surface area contributed by atoms with E-state index in [0.29, 0.717) is 16.6 Å². The number of benzene rings is 3. The van der Waals surface area contributed by atoms with Crippen LogP contribution >= 0.6 is 0 Å². The number of hydrogen-bond acceptors (Lipinski definition) is 6. The van der Waals surface area contributed by atoms with Gasteiger partial charge in [-0.25, -0.2) is 0 Å². The van der Waals surface area contributed by atoms with Crippen LogP contribution in [-0.4, -0.2) is 32.5 Å². The van der Waals surface area contributed by atoms with Crippen molar-refractivity contribution < 1.29 is 24.6 Å². The number of nitrogens with zero attached hydrogens (tertiary/aromatic N) is 3. The highest BCUT2D eigenvalue weighted by atomic mass is 16.3. The second kappa shape index (κ2) is 9.65. The lowest BCUT2D eigenvalue weighted by atomic mass is 10.2. The number of phenols is 1. The van der Waals surface area contributed by atoms with Crippen molar-refractivity contribution in [3.63, 3.8) is 0 Å². The zero-order valence-corrected chi connectivity index (χ0v) is 17.7. The number of aromatic hydroxyl groups is 2. The summed E-state index contributed by atoms with van der Waals surface area (Å²) in [6, 6.07) is 21.2. The maximum absolute atomic E-state index is 12.5. The lowest BCUT2D eigenvalue weighted by Crippen LogP contribution is -2.20. The van der Waals surface area contributed by atoms with Gasteiger partial charge in [-0.2, -0.15) is 0 Å². The smallest absolute Gasteiger partial charge is 0.353 e. The average Bonchev–Trinajstić information content (AvgIpc) is 3.10. The Hall–Kier alpha value is -4.99. The van der Waals surface area contributed by atoms with Crippen LogP contribution < -0.4 is 10.6 Å². The van der Waals surface area contributed by atoms with Crippen LogP contribution in [0.25, 0.3) is 10.9 Å². The number of aromatic nitrogens is 1. The van der Waals surface area contributed by atoms with Gasteiger partial charge in [0.15, 0.2) is 5.69 Å². The van der Waals surface area contributed by atoms with Gasteiger partial charge < -0.3 is 25.4 Å². The molecule has 3 amide bonds. The molecule has 0 bridgehead atoms. The number of amides is 3. The Morgan fingerprint density at radius 1 is 0.794 bits per heavy atom. The number of rotatable bonds is 5. The topological polar surface area (TPSA) is 145 Å². The summed E-state index contributed by atoms with van der Waals surface area (Å²) in [6.07, 6.45) is 0. The van der Waals surface area contributed by atoms with Gasteiger partial charge in [-0.15, -0.1) is 10.2 Å². The van der Waals surface area contributed by atoms with E-state index < -0.39 is 11.8 Å². The van der Waals surface area contributed by atoms with Gasteiger partial charge in [0.2, 0.25) is 11.8 Å². The minimum atomic E-state index is -1.19. The highest BCUT2D eigenvalue weighted by Crippen LogP contribution is 2.38. The molecule has 4 N–H and O–H groups in total. The predicted molar refractivity (Wildman–Crippen MR) is 125 cm³/mol. The lowest BCUT2D eigenvalue weighted by molar-refractivity contribution is -0.134. The molecule has 0 fully saturated rings. The molecule has 10 heteroatoms. The first-order valence-corrected chi connectivity index (χ1v) is 10.1. The molecular weight excluding hydrogens is 438 g/mol. The van der Waals surface area contributed by atoms with Gasteiger partial charge in [-0.3, -0.25) is 14.4 Å². The van der Waals surface area contributed by atoms with Gasteiger partial charge in [0, 0.05) is 16.8 Å². The van der Waals surface area contributed by atoms with Crippen molar-refractivity contribution >= 4 is 45.7 Å². The van der Waals surface area contributed by atoms with Crippen molar-refractivity contribution in [2.45, 2.75) is 6.54 Å². The van der Waals surface area contributed by atoms with Crippen LogP contribution in [0.15, 0.2) is 89.1 Å². The fraction of sp³-hybridized carbons (Fsp3) is 0.0417.